The van der Waals surface area contributed by atoms with Gasteiger partial charge in [0, 0.05) is 18.0 Å². The minimum absolute atomic E-state index is 0.0270. The summed E-state index contributed by atoms with van der Waals surface area (Å²) in [4.78, 5) is 44.2. The first-order valence-electron chi connectivity index (χ1n) is 18.6. The average molecular weight is 680 g/mol. The second-order valence-corrected chi connectivity index (χ2v) is 18.7. The Morgan fingerprint density at radius 2 is 1.67 bits per heavy atom. The van der Waals surface area contributed by atoms with Gasteiger partial charge in [-0.15, -0.1) is 0 Å². The van der Waals surface area contributed by atoms with Crippen molar-refractivity contribution >= 4 is 29.3 Å². The SMILES string of the molecule is CC(C)C1=C2C3CC[C@@H]4C5(C)CCC(O)CC5CCC4(C)[C@]3(C)CCC2(C(=O)CN(Cc2ccc(Cl)cc2)C(=O)OC(C)(C)C)CC1=O. The number of hydrogen-bond donors (Lipinski definition) is 1. The maximum absolute atomic E-state index is 15.0. The third-order valence-corrected chi connectivity index (χ3v) is 14.5. The largest absolute Gasteiger partial charge is 0.444 e. The van der Waals surface area contributed by atoms with Gasteiger partial charge in [-0.3, -0.25) is 14.5 Å². The van der Waals surface area contributed by atoms with E-state index in [1.54, 1.807) is 12.1 Å². The number of hydrogen-bond acceptors (Lipinski definition) is 5. The van der Waals surface area contributed by atoms with E-state index in [4.69, 9.17) is 16.3 Å². The van der Waals surface area contributed by atoms with Crippen molar-refractivity contribution in [3.63, 3.8) is 0 Å². The van der Waals surface area contributed by atoms with Crippen LogP contribution in [0, 0.1) is 45.3 Å². The molecule has 0 aromatic heterocycles. The van der Waals surface area contributed by atoms with Gasteiger partial charge in [-0.1, -0.05) is 58.4 Å². The van der Waals surface area contributed by atoms with Gasteiger partial charge in [0.15, 0.2) is 11.6 Å². The maximum atomic E-state index is 15.0. The van der Waals surface area contributed by atoms with Gasteiger partial charge in [0.2, 0.25) is 0 Å². The second kappa shape index (κ2) is 12.2. The number of carbonyl (C=O) groups excluding carboxylic acids is 3. The van der Waals surface area contributed by atoms with Gasteiger partial charge in [-0.05, 0) is 147 Å². The molecule has 0 radical (unpaired) electrons. The molecule has 6 nitrogen and oxygen atoms in total. The van der Waals surface area contributed by atoms with E-state index in [2.05, 4.69) is 34.6 Å². The van der Waals surface area contributed by atoms with Crippen LogP contribution in [0.4, 0.5) is 4.79 Å². The fourth-order valence-corrected chi connectivity index (χ4v) is 11.9. The molecule has 264 valence electrons. The number of aliphatic hydroxyl groups excluding tert-OH is 1. The number of ether oxygens (including phenoxy) is 1. The molecule has 0 spiro atoms. The lowest BCUT2D eigenvalue weighted by molar-refractivity contribution is -0.200. The molecule has 6 unspecified atom stereocenters. The van der Waals surface area contributed by atoms with Crippen LogP contribution >= 0.6 is 11.6 Å². The van der Waals surface area contributed by atoms with Crippen LogP contribution in [0.1, 0.15) is 125 Å². The second-order valence-electron chi connectivity index (χ2n) is 18.2. The molecule has 4 fully saturated rings. The van der Waals surface area contributed by atoms with E-state index in [1.807, 2.05) is 32.9 Å². The summed E-state index contributed by atoms with van der Waals surface area (Å²) in [7, 11) is 0. The van der Waals surface area contributed by atoms with E-state index in [9.17, 15) is 19.5 Å². The number of halogens is 1. The Kier molecular flexibility index (Phi) is 9.10. The van der Waals surface area contributed by atoms with E-state index >= 15 is 0 Å². The lowest BCUT2D eigenvalue weighted by Gasteiger charge is -2.70. The number of amides is 1. The summed E-state index contributed by atoms with van der Waals surface area (Å²) in [5.74, 6) is 1.38. The average Bonchev–Trinajstić information content (AvgIpc) is 3.31. The van der Waals surface area contributed by atoms with Crippen molar-refractivity contribution in [3.05, 3.63) is 46.0 Å². The topological polar surface area (TPSA) is 83.9 Å². The van der Waals surface area contributed by atoms with E-state index in [-0.39, 0.29) is 65.3 Å². The number of Topliss-reactive ketones (excluding diaryl/α,β-unsaturated/α-hetero) is 2. The third kappa shape index (κ3) is 5.69. The summed E-state index contributed by atoms with van der Waals surface area (Å²) < 4.78 is 5.82. The molecule has 48 heavy (non-hydrogen) atoms. The van der Waals surface area contributed by atoms with Crippen molar-refractivity contribution in [1.29, 1.82) is 0 Å². The van der Waals surface area contributed by atoms with Crippen LogP contribution in [0.2, 0.25) is 5.02 Å². The van der Waals surface area contributed by atoms with Crippen LogP contribution in [0.5, 0.6) is 0 Å². The van der Waals surface area contributed by atoms with Gasteiger partial charge < -0.3 is 9.84 Å². The minimum atomic E-state index is -0.889. The Balaban J connectivity index is 1.36. The summed E-state index contributed by atoms with van der Waals surface area (Å²) in [5.41, 5.74) is 1.49. The molecule has 5 aliphatic rings. The molecular formula is C41H58ClNO5. The molecular weight excluding hydrogens is 622 g/mol. The van der Waals surface area contributed by atoms with Crippen molar-refractivity contribution < 1.29 is 24.2 Å². The molecule has 0 aliphatic heterocycles. The predicted octanol–water partition coefficient (Wildman–Crippen LogP) is 9.35. The van der Waals surface area contributed by atoms with Crippen molar-refractivity contribution in [1.82, 2.24) is 4.90 Å². The molecule has 0 heterocycles. The highest BCUT2D eigenvalue weighted by atomic mass is 35.5. The van der Waals surface area contributed by atoms with Gasteiger partial charge in [0.25, 0.3) is 0 Å². The fourth-order valence-electron chi connectivity index (χ4n) is 11.7. The summed E-state index contributed by atoms with van der Waals surface area (Å²) >= 11 is 6.16. The molecule has 1 aromatic rings. The van der Waals surface area contributed by atoms with Crippen LogP contribution < -0.4 is 0 Å². The van der Waals surface area contributed by atoms with Crippen LogP contribution in [-0.2, 0) is 20.9 Å². The van der Waals surface area contributed by atoms with Gasteiger partial charge in [-0.25, -0.2) is 4.79 Å². The molecule has 1 aromatic carbocycles. The molecule has 1 N–H and O–H groups in total. The standard InChI is InChI=1S/C41H58ClNO5/c1-25(2)34-31(45)22-41(33(46)24-43(36(47)48-37(3,4)5)23-26-9-11-28(42)12-10-26)20-19-39(7)30(35(34)41)13-14-32-38(6)17-16-29(44)21-27(38)15-18-40(32,39)8/h9-12,25,27,29-30,32,44H,13-24H2,1-8H3/t27?,29?,30?,32-,38?,39-,40?,41?/m1/s1. The van der Waals surface area contributed by atoms with Crippen molar-refractivity contribution in [2.75, 3.05) is 6.54 Å². The van der Waals surface area contributed by atoms with E-state index in [0.717, 1.165) is 68.1 Å². The summed E-state index contributed by atoms with van der Waals surface area (Å²) in [6.07, 6.45) is 8.26. The Bertz CT molecular complexity index is 1490. The monoisotopic (exact) mass is 679 g/mol. The number of allylic oxidation sites excluding steroid dienone is 2. The normalized spacial score (nSPS) is 37.8. The molecule has 8 atom stereocenters. The minimum Gasteiger partial charge on any atom is -0.444 e. The molecule has 6 rings (SSSR count). The first-order valence-corrected chi connectivity index (χ1v) is 18.9. The van der Waals surface area contributed by atoms with Crippen molar-refractivity contribution in [2.24, 2.45) is 45.3 Å². The molecule has 5 aliphatic carbocycles. The fraction of sp³-hybridized carbons (Fsp3) is 0.732. The van der Waals surface area contributed by atoms with Gasteiger partial charge in [0.05, 0.1) is 18.1 Å². The molecule has 0 bridgehead atoms. The number of nitrogens with zero attached hydrogens (tertiary/aromatic N) is 1. The Labute approximate surface area is 293 Å². The highest BCUT2D eigenvalue weighted by Crippen LogP contribution is 2.75. The van der Waals surface area contributed by atoms with Crippen LogP contribution in [0.3, 0.4) is 0 Å². The van der Waals surface area contributed by atoms with Crippen molar-refractivity contribution in [3.8, 4) is 0 Å². The van der Waals surface area contributed by atoms with Gasteiger partial charge in [0.1, 0.15) is 5.60 Å². The molecule has 0 saturated heterocycles. The molecule has 4 saturated carbocycles. The number of carbonyl (C=O) groups is 3. The van der Waals surface area contributed by atoms with Gasteiger partial charge >= 0.3 is 6.09 Å². The number of benzene rings is 1. The zero-order valence-electron chi connectivity index (χ0n) is 30.6. The quantitative estimate of drug-likeness (QED) is 0.324. The van der Waals surface area contributed by atoms with Crippen LogP contribution in [0.25, 0.3) is 0 Å². The zero-order valence-corrected chi connectivity index (χ0v) is 31.3. The van der Waals surface area contributed by atoms with Crippen molar-refractivity contribution in [2.45, 2.75) is 138 Å². The van der Waals surface area contributed by atoms with Gasteiger partial charge in [-0.2, -0.15) is 0 Å². The number of rotatable bonds is 6. The Morgan fingerprint density at radius 3 is 2.31 bits per heavy atom. The summed E-state index contributed by atoms with van der Waals surface area (Å²) in [5, 5.41) is 11.2. The first-order chi connectivity index (χ1) is 22.3. The summed E-state index contributed by atoms with van der Waals surface area (Å²) in [6.45, 7) is 17.3. The van der Waals surface area contributed by atoms with E-state index in [1.165, 1.54) is 4.90 Å². The smallest absolute Gasteiger partial charge is 0.410 e. The zero-order chi connectivity index (χ0) is 35.0. The number of fused-ring (bicyclic) bond motifs is 7. The maximum Gasteiger partial charge on any atom is 0.410 e. The molecule has 7 heteroatoms. The highest BCUT2D eigenvalue weighted by molar-refractivity contribution is 6.30. The number of ketones is 2. The number of aliphatic hydroxyl groups is 1. The lowest BCUT2D eigenvalue weighted by Crippen LogP contribution is -2.63. The highest BCUT2D eigenvalue weighted by Gasteiger charge is 2.69. The predicted molar refractivity (Wildman–Crippen MR) is 189 cm³/mol. The summed E-state index contributed by atoms with van der Waals surface area (Å²) in [6, 6.07) is 7.32. The van der Waals surface area contributed by atoms with Crippen LogP contribution in [-0.4, -0.2) is 45.9 Å². The lowest BCUT2D eigenvalue weighted by atomic mass is 9.34. The first kappa shape index (κ1) is 35.6. The van der Waals surface area contributed by atoms with Crippen LogP contribution in [0.15, 0.2) is 35.4 Å². The Hall–Kier alpha value is -2.18. The van der Waals surface area contributed by atoms with E-state index in [0.29, 0.717) is 23.3 Å². The third-order valence-electron chi connectivity index (χ3n) is 14.3. The van der Waals surface area contributed by atoms with E-state index < -0.39 is 17.1 Å². The molecule has 1 amide bonds. The Morgan fingerprint density at radius 1 is 0.979 bits per heavy atom.